The Morgan fingerprint density at radius 1 is 0.846 bits per heavy atom. The minimum atomic E-state index is -0.513. The molecule has 1 unspecified atom stereocenters. The van der Waals surface area contributed by atoms with Crippen molar-refractivity contribution in [2.45, 2.75) is 75.0 Å². The summed E-state index contributed by atoms with van der Waals surface area (Å²) in [6.45, 7) is 5.15. The van der Waals surface area contributed by atoms with E-state index in [1.165, 1.54) is 11.1 Å². The van der Waals surface area contributed by atoms with Crippen LogP contribution in [0.4, 0.5) is 5.69 Å². The van der Waals surface area contributed by atoms with Crippen molar-refractivity contribution in [3.8, 4) is 0 Å². The van der Waals surface area contributed by atoms with Gasteiger partial charge in [0.05, 0.1) is 22.0 Å². The second-order valence-corrected chi connectivity index (χ2v) is 11.2. The SMILES string of the molecule is CCCCNc1ccc(C(=O)O[C@H]2[C@@H](OC(=O)c3ccc(C(N)CCC)cc3)[C@@]34C[C@@]23c2ccccc24)cc1. The summed E-state index contributed by atoms with van der Waals surface area (Å²) < 4.78 is 12.2. The van der Waals surface area contributed by atoms with Crippen molar-refractivity contribution in [2.75, 3.05) is 11.9 Å². The van der Waals surface area contributed by atoms with E-state index in [0.29, 0.717) is 11.1 Å². The van der Waals surface area contributed by atoms with Gasteiger partial charge in [-0.15, -0.1) is 0 Å². The van der Waals surface area contributed by atoms with Gasteiger partial charge in [-0.25, -0.2) is 9.59 Å². The Morgan fingerprint density at radius 3 is 1.90 bits per heavy atom. The van der Waals surface area contributed by atoms with E-state index >= 15 is 0 Å². The number of unbranched alkanes of at least 4 members (excludes halogenated alkanes) is 1. The maximum Gasteiger partial charge on any atom is 0.338 e. The summed E-state index contributed by atoms with van der Waals surface area (Å²) in [5.74, 6) is -0.798. The Bertz CT molecular complexity index is 1390. The molecule has 2 fully saturated rings. The predicted octanol–water partition coefficient (Wildman–Crippen LogP) is 6.06. The molecule has 3 aliphatic rings. The highest BCUT2D eigenvalue weighted by Gasteiger charge is 2.95. The van der Waals surface area contributed by atoms with Crippen LogP contribution in [-0.2, 0) is 20.3 Å². The highest BCUT2D eigenvalue weighted by Crippen LogP contribution is 2.86. The molecule has 3 aliphatic carbocycles. The molecule has 0 radical (unpaired) electrons. The number of hydrogen-bond donors (Lipinski definition) is 2. The van der Waals surface area contributed by atoms with Crippen molar-refractivity contribution < 1.29 is 19.1 Å². The lowest BCUT2D eigenvalue weighted by Crippen LogP contribution is -2.68. The zero-order chi connectivity index (χ0) is 27.2. The van der Waals surface area contributed by atoms with Crippen LogP contribution in [0.5, 0.6) is 0 Å². The minimum Gasteiger partial charge on any atom is -0.454 e. The Morgan fingerprint density at radius 2 is 1.38 bits per heavy atom. The Kier molecular flexibility index (Phi) is 6.46. The fraction of sp³-hybridized carbons (Fsp3) is 0.394. The van der Waals surface area contributed by atoms with E-state index in [4.69, 9.17) is 15.2 Å². The lowest BCUT2D eigenvalue weighted by Gasteiger charge is -2.56. The first-order valence-corrected chi connectivity index (χ1v) is 14.2. The van der Waals surface area contributed by atoms with Crippen LogP contribution in [0, 0.1) is 0 Å². The first kappa shape index (κ1) is 25.6. The van der Waals surface area contributed by atoms with Gasteiger partial charge in [-0.05, 0) is 72.4 Å². The van der Waals surface area contributed by atoms with Gasteiger partial charge in [0.2, 0.25) is 0 Å². The summed E-state index contributed by atoms with van der Waals surface area (Å²) in [5.41, 5.74) is 11.1. The van der Waals surface area contributed by atoms with Crippen molar-refractivity contribution in [2.24, 2.45) is 5.73 Å². The molecule has 3 aromatic rings. The third-order valence-electron chi connectivity index (χ3n) is 8.99. The second-order valence-electron chi connectivity index (χ2n) is 11.2. The van der Waals surface area contributed by atoms with Crippen LogP contribution in [0.2, 0.25) is 0 Å². The van der Waals surface area contributed by atoms with Crippen LogP contribution in [0.25, 0.3) is 0 Å². The van der Waals surface area contributed by atoms with Gasteiger partial charge >= 0.3 is 11.9 Å². The molecule has 6 rings (SSSR count). The number of rotatable bonds is 11. The highest BCUT2D eigenvalue weighted by atomic mass is 16.6. The molecule has 3 aromatic carbocycles. The maximum atomic E-state index is 13.2. The van der Waals surface area contributed by atoms with Crippen molar-refractivity contribution >= 4 is 17.6 Å². The van der Waals surface area contributed by atoms with E-state index in [1.54, 1.807) is 24.3 Å². The first-order valence-electron chi connectivity index (χ1n) is 14.2. The van der Waals surface area contributed by atoms with Crippen LogP contribution >= 0.6 is 0 Å². The van der Waals surface area contributed by atoms with Gasteiger partial charge in [-0.3, -0.25) is 0 Å². The molecule has 6 nitrogen and oxygen atoms in total. The zero-order valence-electron chi connectivity index (χ0n) is 22.6. The van der Waals surface area contributed by atoms with Gasteiger partial charge < -0.3 is 20.5 Å². The van der Waals surface area contributed by atoms with Gasteiger partial charge in [0, 0.05) is 18.3 Å². The van der Waals surface area contributed by atoms with Crippen LogP contribution in [0.15, 0.2) is 72.8 Å². The van der Waals surface area contributed by atoms with Gasteiger partial charge in [0.15, 0.2) is 12.2 Å². The number of esters is 2. The molecule has 0 spiro atoms. The first-order chi connectivity index (χ1) is 19.0. The largest absolute Gasteiger partial charge is 0.454 e. The molecule has 5 atom stereocenters. The lowest BCUT2D eigenvalue weighted by atomic mass is 9.52. The molecular weight excluding hydrogens is 488 g/mol. The zero-order valence-corrected chi connectivity index (χ0v) is 22.6. The normalized spacial score (nSPS) is 26.0. The quantitative estimate of drug-likeness (QED) is 0.234. The standard InChI is InChI=1S/C33H36N2O4/c1-3-5-19-35-24-17-15-23(16-18-24)31(37)39-29-28(32-20-33(29,32)26-10-7-6-9-25(26)32)38-30(36)22-13-11-21(12-14-22)27(34)8-4-2/h6-7,9-18,27-29,35H,3-5,8,19-20,34H2,1-2H3/t27?,28-,29+,32+,33-/m1/s1. The number of ether oxygens (including phenoxy) is 2. The molecule has 3 N–H and O–H groups in total. The van der Waals surface area contributed by atoms with Crippen molar-refractivity contribution in [1.82, 2.24) is 0 Å². The van der Waals surface area contributed by atoms with E-state index in [2.05, 4.69) is 31.3 Å². The van der Waals surface area contributed by atoms with E-state index in [9.17, 15) is 9.59 Å². The smallest absolute Gasteiger partial charge is 0.338 e. The molecule has 0 aliphatic heterocycles. The monoisotopic (exact) mass is 524 g/mol. The molecule has 0 saturated heterocycles. The van der Waals surface area contributed by atoms with Gasteiger partial charge in [-0.2, -0.15) is 0 Å². The van der Waals surface area contributed by atoms with Crippen LogP contribution in [0.1, 0.15) is 89.4 Å². The topological polar surface area (TPSA) is 90.6 Å². The fourth-order valence-electron chi connectivity index (χ4n) is 6.87. The number of carbonyl (C=O) groups excluding carboxylic acids is 2. The summed E-state index contributed by atoms with van der Waals surface area (Å²) in [5, 5.41) is 3.36. The number of fused-ring (bicyclic) bond motifs is 1. The molecular formula is C33H36N2O4. The van der Waals surface area contributed by atoms with Gasteiger partial charge in [-0.1, -0.05) is 63.1 Å². The Balaban J connectivity index is 1.19. The van der Waals surface area contributed by atoms with Gasteiger partial charge in [0.1, 0.15) is 0 Å². The lowest BCUT2D eigenvalue weighted by molar-refractivity contribution is -0.123. The maximum absolute atomic E-state index is 13.2. The highest BCUT2D eigenvalue weighted by molar-refractivity contribution is 5.92. The summed E-state index contributed by atoms with van der Waals surface area (Å²) in [6.07, 6.45) is 3.91. The average Bonchev–Trinajstić information content (AvgIpc) is 3.45. The second kappa shape index (κ2) is 9.83. The van der Waals surface area contributed by atoms with E-state index in [1.807, 2.05) is 36.4 Å². The minimum absolute atomic E-state index is 0.0471. The van der Waals surface area contributed by atoms with Crippen molar-refractivity contribution in [3.63, 3.8) is 0 Å². The number of anilines is 1. The number of benzene rings is 3. The van der Waals surface area contributed by atoms with E-state index in [0.717, 1.165) is 49.9 Å². The molecule has 0 heterocycles. The summed E-state index contributed by atoms with van der Waals surface area (Å²) in [4.78, 5) is 26.5. The summed E-state index contributed by atoms with van der Waals surface area (Å²) in [6, 6.07) is 22.9. The molecule has 0 amide bonds. The Labute approximate surface area is 229 Å². The predicted molar refractivity (Wildman–Crippen MR) is 151 cm³/mol. The number of hydrogen-bond acceptors (Lipinski definition) is 6. The molecule has 6 heteroatoms. The fourth-order valence-corrected chi connectivity index (χ4v) is 6.87. The third-order valence-corrected chi connectivity index (χ3v) is 8.99. The molecule has 2 saturated carbocycles. The van der Waals surface area contributed by atoms with E-state index < -0.39 is 24.1 Å². The molecule has 0 bridgehead atoms. The van der Waals surface area contributed by atoms with Crippen LogP contribution in [0.3, 0.4) is 0 Å². The Hall–Kier alpha value is -3.64. The van der Waals surface area contributed by atoms with Crippen molar-refractivity contribution in [3.05, 3.63) is 101 Å². The van der Waals surface area contributed by atoms with Crippen LogP contribution < -0.4 is 11.1 Å². The van der Waals surface area contributed by atoms with Gasteiger partial charge in [0.25, 0.3) is 0 Å². The number of carbonyl (C=O) groups is 2. The molecule has 0 aromatic heterocycles. The third kappa shape index (κ3) is 3.88. The number of nitrogens with two attached hydrogens (primary N) is 1. The summed E-state index contributed by atoms with van der Waals surface area (Å²) in [7, 11) is 0. The molecule has 202 valence electrons. The molecule has 39 heavy (non-hydrogen) atoms. The average molecular weight is 525 g/mol. The summed E-state index contributed by atoms with van der Waals surface area (Å²) >= 11 is 0. The van der Waals surface area contributed by atoms with Crippen molar-refractivity contribution in [1.29, 1.82) is 0 Å². The van der Waals surface area contributed by atoms with E-state index in [-0.39, 0.29) is 16.9 Å². The number of nitrogens with one attached hydrogen (secondary N) is 1. The van der Waals surface area contributed by atoms with Crippen LogP contribution in [-0.4, -0.2) is 30.7 Å².